The van der Waals surface area contributed by atoms with Crippen LogP contribution in [0.2, 0.25) is 0 Å². The lowest BCUT2D eigenvalue weighted by Gasteiger charge is -2.31. The zero-order valence-electron chi connectivity index (χ0n) is 14.2. The van der Waals surface area contributed by atoms with Crippen LogP contribution in [-0.4, -0.2) is 23.7 Å². The summed E-state index contributed by atoms with van der Waals surface area (Å²) in [5.74, 6) is 0.925. The van der Waals surface area contributed by atoms with Gasteiger partial charge in [-0.3, -0.25) is 4.79 Å². The van der Waals surface area contributed by atoms with E-state index in [-0.39, 0.29) is 23.5 Å². The summed E-state index contributed by atoms with van der Waals surface area (Å²) in [6.45, 7) is 6.40. The standard InChI is InChI=1S/C18H27NO4/c1-4-5-11(2)15-8-12(3)16(18(22)23-15)17(21)19-7-6-13-9-14(20)10-13/h8,11,13-14,20H,4-7,9-10H2,1-3H3,(H,19,21). The Morgan fingerprint density at radius 3 is 2.74 bits per heavy atom. The first-order valence-corrected chi connectivity index (χ1v) is 8.53. The number of carbonyl (C=O) groups is 1. The molecule has 1 saturated carbocycles. The van der Waals surface area contributed by atoms with Crippen LogP contribution in [0.1, 0.15) is 73.6 Å². The molecule has 0 bridgehead atoms. The molecule has 1 aromatic heterocycles. The van der Waals surface area contributed by atoms with Crippen molar-refractivity contribution in [3.8, 4) is 0 Å². The summed E-state index contributed by atoms with van der Waals surface area (Å²) >= 11 is 0. The molecule has 1 fully saturated rings. The number of aliphatic hydroxyl groups excluding tert-OH is 1. The summed E-state index contributed by atoms with van der Waals surface area (Å²) < 4.78 is 5.35. The number of amides is 1. The van der Waals surface area contributed by atoms with Crippen molar-refractivity contribution >= 4 is 5.91 Å². The summed E-state index contributed by atoms with van der Waals surface area (Å²) in [7, 11) is 0. The van der Waals surface area contributed by atoms with Crippen molar-refractivity contribution in [1.82, 2.24) is 5.32 Å². The summed E-state index contributed by atoms with van der Waals surface area (Å²) in [5, 5.41) is 12.0. The van der Waals surface area contributed by atoms with Crippen molar-refractivity contribution in [2.75, 3.05) is 6.54 Å². The minimum Gasteiger partial charge on any atom is -0.427 e. The van der Waals surface area contributed by atoms with Gasteiger partial charge in [0, 0.05) is 12.5 Å². The maximum Gasteiger partial charge on any atom is 0.349 e. The molecule has 1 aromatic rings. The number of aryl methyl sites for hydroxylation is 1. The highest BCUT2D eigenvalue weighted by molar-refractivity contribution is 5.95. The van der Waals surface area contributed by atoms with Gasteiger partial charge >= 0.3 is 5.63 Å². The van der Waals surface area contributed by atoms with Crippen molar-refractivity contribution in [3.63, 3.8) is 0 Å². The number of hydrogen-bond donors (Lipinski definition) is 2. The van der Waals surface area contributed by atoms with Crippen LogP contribution in [0.15, 0.2) is 15.3 Å². The van der Waals surface area contributed by atoms with Crippen LogP contribution >= 0.6 is 0 Å². The first kappa shape index (κ1) is 17.7. The van der Waals surface area contributed by atoms with E-state index in [1.807, 2.05) is 6.92 Å². The minimum atomic E-state index is -0.556. The molecule has 1 atom stereocenters. The monoisotopic (exact) mass is 321 g/mol. The van der Waals surface area contributed by atoms with Crippen LogP contribution in [0.25, 0.3) is 0 Å². The first-order valence-electron chi connectivity index (χ1n) is 8.53. The molecule has 5 heteroatoms. The number of aliphatic hydroxyl groups is 1. The third-order valence-electron chi connectivity index (χ3n) is 4.65. The second-order valence-electron chi connectivity index (χ2n) is 6.72. The van der Waals surface area contributed by atoms with Crippen molar-refractivity contribution in [3.05, 3.63) is 33.4 Å². The van der Waals surface area contributed by atoms with E-state index >= 15 is 0 Å². The lowest BCUT2D eigenvalue weighted by atomic mass is 9.80. The van der Waals surface area contributed by atoms with E-state index in [2.05, 4.69) is 12.2 Å². The molecular weight excluding hydrogens is 294 g/mol. The highest BCUT2D eigenvalue weighted by Gasteiger charge is 2.27. The molecule has 0 saturated heterocycles. The molecule has 0 spiro atoms. The molecule has 5 nitrogen and oxygen atoms in total. The van der Waals surface area contributed by atoms with E-state index in [1.54, 1.807) is 13.0 Å². The van der Waals surface area contributed by atoms with Crippen LogP contribution in [0.4, 0.5) is 0 Å². The first-order chi connectivity index (χ1) is 10.9. The third-order valence-corrected chi connectivity index (χ3v) is 4.65. The van der Waals surface area contributed by atoms with E-state index in [0.717, 1.165) is 32.1 Å². The molecule has 0 radical (unpaired) electrons. The van der Waals surface area contributed by atoms with E-state index < -0.39 is 5.63 Å². The van der Waals surface area contributed by atoms with Crippen LogP contribution in [0.3, 0.4) is 0 Å². The molecule has 1 aliphatic rings. The number of hydrogen-bond acceptors (Lipinski definition) is 4. The molecule has 1 amide bonds. The van der Waals surface area contributed by atoms with Crippen molar-refractivity contribution in [2.45, 2.75) is 64.9 Å². The summed E-state index contributed by atoms with van der Waals surface area (Å²) in [6.07, 6.45) is 4.23. The Hall–Kier alpha value is -1.62. The second kappa shape index (κ2) is 7.77. The Labute approximate surface area is 137 Å². The van der Waals surface area contributed by atoms with Crippen molar-refractivity contribution in [1.29, 1.82) is 0 Å². The van der Waals surface area contributed by atoms with Gasteiger partial charge in [0.1, 0.15) is 11.3 Å². The van der Waals surface area contributed by atoms with E-state index in [4.69, 9.17) is 4.42 Å². The van der Waals surface area contributed by atoms with Crippen LogP contribution in [0, 0.1) is 12.8 Å². The second-order valence-corrected chi connectivity index (χ2v) is 6.72. The normalized spacial score (nSPS) is 21.6. The number of rotatable bonds is 7. The van der Waals surface area contributed by atoms with Crippen molar-refractivity contribution in [2.24, 2.45) is 5.92 Å². The smallest absolute Gasteiger partial charge is 0.349 e. The summed E-state index contributed by atoms with van der Waals surface area (Å²) in [5.41, 5.74) is 0.210. The zero-order valence-corrected chi connectivity index (χ0v) is 14.2. The molecular formula is C18H27NO4. The van der Waals surface area contributed by atoms with Crippen LogP contribution < -0.4 is 10.9 Å². The molecule has 0 aliphatic heterocycles. The highest BCUT2D eigenvalue weighted by atomic mass is 16.4. The average Bonchev–Trinajstić information content (AvgIpc) is 2.44. The van der Waals surface area contributed by atoms with Gasteiger partial charge in [0.25, 0.3) is 5.91 Å². The molecule has 0 aromatic carbocycles. The summed E-state index contributed by atoms with van der Waals surface area (Å²) in [4.78, 5) is 24.4. The molecule has 2 rings (SSSR count). The van der Waals surface area contributed by atoms with Gasteiger partial charge in [0.15, 0.2) is 0 Å². The van der Waals surface area contributed by atoms with Crippen molar-refractivity contribution < 1.29 is 14.3 Å². The number of carbonyl (C=O) groups excluding carboxylic acids is 1. The van der Waals surface area contributed by atoms with Gasteiger partial charge in [-0.05, 0) is 50.2 Å². The van der Waals surface area contributed by atoms with Crippen LogP contribution in [-0.2, 0) is 0 Å². The van der Waals surface area contributed by atoms with E-state index in [0.29, 0.717) is 23.8 Å². The quantitative estimate of drug-likeness (QED) is 0.809. The molecule has 23 heavy (non-hydrogen) atoms. The fourth-order valence-electron chi connectivity index (χ4n) is 3.14. The fourth-order valence-corrected chi connectivity index (χ4v) is 3.14. The third kappa shape index (κ3) is 4.44. The molecule has 2 N–H and O–H groups in total. The largest absolute Gasteiger partial charge is 0.427 e. The lowest BCUT2D eigenvalue weighted by molar-refractivity contribution is 0.0393. The maximum absolute atomic E-state index is 12.2. The zero-order chi connectivity index (χ0) is 17.0. The van der Waals surface area contributed by atoms with Gasteiger partial charge in [0.2, 0.25) is 0 Å². The van der Waals surface area contributed by atoms with E-state index in [9.17, 15) is 14.7 Å². The number of nitrogens with one attached hydrogen (secondary N) is 1. The Kier molecular flexibility index (Phi) is 5.99. The van der Waals surface area contributed by atoms with Gasteiger partial charge < -0.3 is 14.8 Å². The van der Waals surface area contributed by atoms with Gasteiger partial charge in [0.05, 0.1) is 6.10 Å². The van der Waals surface area contributed by atoms with Gasteiger partial charge in [-0.2, -0.15) is 0 Å². The predicted molar refractivity (Wildman–Crippen MR) is 88.7 cm³/mol. The molecule has 1 heterocycles. The Morgan fingerprint density at radius 2 is 2.17 bits per heavy atom. The maximum atomic E-state index is 12.2. The predicted octanol–water partition coefficient (Wildman–Crippen LogP) is 2.74. The molecule has 1 unspecified atom stereocenters. The minimum absolute atomic E-state index is 0.103. The molecule has 1 aliphatic carbocycles. The Balaban J connectivity index is 1.98. The fraction of sp³-hybridized carbons (Fsp3) is 0.667. The average molecular weight is 321 g/mol. The van der Waals surface area contributed by atoms with E-state index in [1.165, 1.54) is 0 Å². The lowest BCUT2D eigenvalue weighted by Crippen LogP contribution is -2.34. The molecule has 128 valence electrons. The Bertz CT molecular complexity index is 602. The highest BCUT2D eigenvalue weighted by Crippen LogP contribution is 2.29. The van der Waals surface area contributed by atoms with Gasteiger partial charge in [-0.25, -0.2) is 4.79 Å². The van der Waals surface area contributed by atoms with Gasteiger partial charge in [-0.15, -0.1) is 0 Å². The van der Waals surface area contributed by atoms with Crippen LogP contribution in [0.5, 0.6) is 0 Å². The topological polar surface area (TPSA) is 79.5 Å². The van der Waals surface area contributed by atoms with Gasteiger partial charge in [-0.1, -0.05) is 20.3 Å². The SMILES string of the molecule is CCCC(C)c1cc(C)c(C(=O)NCCC2CC(O)C2)c(=O)o1. The Morgan fingerprint density at radius 1 is 1.48 bits per heavy atom. The summed E-state index contributed by atoms with van der Waals surface area (Å²) in [6, 6.07) is 1.80.